The van der Waals surface area contributed by atoms with Gasteiger partial charge >= 0.3 is 0 Å². The van der Waals surface area contributed by atoms with E-state index in [0.717, 1.165) is 17.9 Å². The number of aryl methyl sites for hydroxylation is 1. The van der Waals surface area contributed by atoms with Gasteiger partial charge in [-0.1, -0.05) is 35.1 Å². The fraction of sp³-hybridized carbons (Fsp3) is 0.333. The molecular weight excluding hydrogens is 590 g/mol. The summed E-state index contributed by atoms with van der Waals surface area (Å²) >= 11 is 8.75. The Balaban J connectivity index is 0.000000208. The highest BCUT2D eigenvalue weighted by Crippen LogP contribution is 2.38. The molecule has 0 unspecified atom stereocenters. The number of aromatic nitrogens is 2. The van der Waals surface area contributed by atoms with Gasteiger partial charge in [-0.25, -0.2) is 8.78 Å². The molecule has 3 aromatic rings. The number of anilines is 2. The predicted octanol–water partition coefficient (Wildman–Crippen LogP) is 5.21. The lowest BCUT2D eigenvalue weighted by molar-refractivity contribution is 0.101. The number of nitrogens with one attached hydrogen (secondary N) is 1. The third-order valence-electron chi connectivity index (χ3n) is 6.85. The first-order valence-corrected chi connectivity index (χ1v) is 15.0. The Morgan fingerprint density at radius 3 is 1.98 bits per heavy atom. The van der Waals surface area contributed by atoms with Crippen molar-refractivity contribution in [3.63, 3.8) is 0 Å². The molecule has 0 radical (unpaired) electrons. The molecule has 0 fully saturated rings. The Kier molecular flexibility index (Phi) is 9.19. The van der Waals surface area contributed by atoms with Gasteiger partial charge in [0.2, 0.25) is 0 Å². The van der Waals surface area contributed by atoms with Crippen LogP contribution >= 0.6 is 35.1 Å². The summed E-state index contributed by atoms with van der Waals surface area (Å²) in [5.74, 6) is 0.564. The van der Waals surface area contributed by atoms with Crippen molar-refractivity contribution in [3.8, 4) is 0 Å². The number of nitrogen functional groups attached to an aromatic ring is 1. The minimum Gasteiger partial charge on any atom is -0.399 e. The fourth-order valence-corrected chi connectivity index (χ4v) is 6.74. The number of hydrogen-bond acceptors (Lipinski definition) is 9. The normalized spacial score (nSPS) is 22.2. The van der Waals surface area contributed by atoms with E-state index in [9.17, 15) is 13.6 Å². The van der Waals surface area contributed by atoms with Crippen molar-refractivity contribution >= 4 is 62.7 Å². The first-order chi connectivity index (χ1) is 19.3. The molecule has 2 aliphatic heterocycles. The summed E-state index contributed by atoms with van der Waals surface area (Å²) in [7, 11) is 1.62. The molecule has 3 heterocycles. The molecule has 0 saturated heterocycles. The molecule has 0 saturated carbocycles. The number of nitrogens with zero attached hydrogens (tertiary/aromatic N) is 4. The van der Waals surface area contributed by atoms with Crippen LogP contribution in [-0.2, 0) is 18.1 Å². The van der Waals surface area contributed by atoms with Crippen LogP contribution in [0.3, 0.4) is 0 Å². The number of carbonyl (C=O) groups excluding carboxylic acids is 1. The van der Waals surface area contributed by atoms with E-state index in [1.165, 1.54) is 52.5 Å². The lowest BCUT2D eigenvalue weighted by atomic mass is 9.89. The van der Waals surface area contributed by atoms with Crippen LogP contribution in [0.25, 0.3) is 0 Å². The van der Waals surface area contributed by atoms with Crippen LogP contribution in [0.2, 0.25) is 5.15 Å². The van der Waals surface area contributed by atoms with Gasteiger partial charge in [0.1, 0.15) is 17.3 Å². The monoisotopic (exact) mass is 620 g/mol. The second-order valence-corrected chi connectivity index (χ2v) is 12.6. The summed E-state index contributed by atoms with van der Waals surface area (Å²) in [5, 5.41) is 7.84. The molecule has 2 aromatic carbocycles. The third-order valence-corrected chi connectivity index (χ3v) is 8.62. The van der Waals surface area contributed by atoms with Gasteiger partial charge in [0.25, 0.3) is 5.91 Å². The van der Waals surface area contributed by atoms with E-state index in [1.54, 1.807) is 25.2 Å². The van der Waals surface area contributed by atoms with E-state index in [4.69, 9.17) is 28.8 Å². The van der Waals surface area contributed by atoms with Crippen LogP contribution in [0.5, 0.6) is 0 Å². The van der Waals surface area contributed by atoms with Crippen LogP contribution in [0.4, 0.5) is 20.2 Å². The molecule has 0 spiro atoms. The second-order valence-electron chi connectivity index (χ2n) is 10.0. The molecule has 41 heavy (non-hydrogen) atoms. The van der Waals surface area contributed by atoms with E-state index in [-0.39, 0.29) is 22.7 Å². The van der Waals surface area contributed by atoms with Crippen LogP contribution in [0.15, 0.2) is 52.4 Å². The maximum Gasteiger partial charge on any atom is 0.273 e. The molecule has 218 valence electrons. The zero-order valence-corrected chi connectivity index (χ0v) is 25.1. The van der Waals surface area contributed by atoms with Crippen molar-refractivity contribution < 1.29 is 13.6 Å². The second kappa shape index (κ2) is 12.3. The summed E-state index contributed by atoms with van der Waals surface area (Å²) in [6.45, 7) is 3.72. The number of halogens is 3. The molecular formula is C27H31ClF2N8OS2. The van der Waals surface area contributed by atoms with Gasteiger partial charge < -0.3 is 22.5 Å². The third kappa shape index (κ3) is 7.14. The van der Waals surface area contributed by atoms with E-state index < -0.39 is 11.1 Å². The highest BCUT2D eigenvalue weighted by Gasteiger charge is 2.33. The lowest BCUT2D eigenvalue weighted by Gasteiger charge is -2.30. The number of amides is 1. The Morgan fingerprint density at radius 1 is 0.927 bits per heavy atom. The number of carbonyl (C=O) groups is 1. The molecule has 9 nitrogen and oxygen atoms in total. The van der Waals surface area contributed by atoms with Crippen molar-refractivity contribution in [2.24, 2.45) is 28.5 Å². The summed E-state index contributed by atoms with van der Waals surface area (Å²) in [6, 6.07) is 10.4. The zero-order valence-electron chi connectivity index (χ0n) is 22.7. The SMILES string of the molecule is C[C@@]1(c2cc(N)ccc2F)CCSC(N)=N1.Cn1nc(Cl)cc1C(=O)Nc1ccc(F)c([C@]2(C)CCSC(N)=N2)c1. The van der Waals surface area contributed by atoms with Crippen molar-refractivity contribution in [1.82, 2.24) is 9.78 Å². The topological polar surface area (TPSA) is 150 Å². The molecule has 0 bridgehead atoms. The average molecular weight is 621 g/mol. The molecule has 2 aliphatic rings. The van der Waals surface area contributed by atoms with Gasteiger partial charge in [-0.2, -0.15) is 5.10 Å². The molecule has 1 aromatic heterocycles. The largest absolute Gasteiger partial charge is 0.399 e. The number of aliphatic imine (C=N–C) groups is 2. The van der Waals surface area contributed by atoms with Gasteiger partial charge in [0, 0.05) is 47.1 Å². The minimum atomic E-state index is -0.754. The van der Waals surface area contributed by atoms with Gasteiger partial charge in [0.05, 0.1) is 11.1 Å². The summed E-state index contributed by atoms with van der Waals surface area (Å²) in [4.78, 5) is 21.1. The average Bonchev–Trinajstić information content (AvgIpc) is 3.24. The van der Waals surface area contributed by atoms with Gasteiger partial charge in [-0.3, -0.25) is 19.5 Å². The predicted molar refractivity (Wildman–Crippen MR) is 165 cm³/mol. The smallest absolute Gasteiger partial charge is 0.273 e. The van der Waals surface area contributed by atoms with Gasteiger partial charge in [-0.15, -0.1) is 0 Å². The molecule has 2 atom stereocenters. The Hall–Kier alpha value is -3.29. The standard InChI is InChI=1S/C16H17ClFN5OS.C11H14FN3S/c1-16(5-6-25-15(19)21-16)10-7-9(3-4-11(10)18)20-14(24)12-8-13(17)22-23(12)2;1-11(4-5-16-10(14)15-11)8-6-7(13)2-3-9(8)12/h3-4,7-8H,5-6H2,1-2H3,(H2,19,21)(H,20,24);2-3,6H,4-5,13H2,1H3,(H2,14,15)/t16-;11-/m00/s1. The van der Waals surface area contributed by atoms with Crippen molar-refractivity contribution in [2.75, 3.05) is 22.6 Å². The summed E-state index contributed by atoms with van der Waals surface area (Å²) in [5.41, 5.74) is 18.1. The zero-order chi connectivity index (χ0) is 29.9. The summed E-state index contributed by atoms with van der Waals surface area (Å²) in [6.07, 6.45) is 1.42. The Morgan fingerprint density at radius 2 is 1.46 bits per heavy atom. The summed E-state index contributed by atoms with van der Waals surface area (Å²) < 4.78 is 29.5. The van der Waals surface area contributed by atoms with E-state index in [2.05, 4.69) is 20.4 Å². The minimum absolute atomic E-state index is 0.226. The Bertz CT molecular complexity index is 1530. The van der Waals surface area contributed by atoms with Crippen molar-refractivity contribution in [1.29, 1.82) is 0 Å². The van der Waals surface area contributed by atoms with E-state index >= 15 is 0 Å². The van der Waals surface area contributed by atoms with E-state index in [1.807, 2.05) is 13.8 Å². The number of amidine groups is 2. The van der Waals surface area contributed by atoms with Crippen LogP contribution in [0.1, 0.15) is 48.3 Å². The number of nitrogens with two attached hydrogens (primary N) is 3. The van der Waals surface area contributed by atoms with Crippen LogP contribution in [-0.4, -0.2) is 37.5 Å². The fourth-order valence-electron chi connectivity index (χ4n) is 4.57. The van der Waals surface area contributed by atoms with Gasteiger partial charge in [0.15, 0.2) is 15.5 Å². The molecule has 5 rings (SSSR count). The highest BCUT2D eigenvalue weighted by atomic mass is 35.5. The quantitative estimate of drug-likeness (QED) is 0.293. The lowest BCUT2D eigenvalue weighted by Crippen LogP contribution is -2.30. The van der Waals surface area contributed by atoms with Crippen molar-refractivity contribution in [3.05, 3.63) is 76.1 Å². The highest BCUT2D eigenvalue weighted by molar-refractivity contribution is 8.14. The molecule has 7 N–H and O–H groups in total. The number of rotatable bonds is 4. The molecule has 0 aliphatic carbocycles. The Labute approximate surface area is 250 Å². The van der Waals surface area contributed by atoms with Gasteiger partial charge in [-0.05, 0) is 63.1 Å². The van der Waals surface area contributed by atoms with Crippen molar-refractivity contribution in [2.45, 2.75) is 37.8 Å². The molecule has 1 amide bonds. The van der Waals surface area contributed by atoms with E-state index in [0.29, 0.717) is 45.0 Å². The van der Waals surface area contributed by atoms with Crippen LogP contribution in [0, 0.1) is 11.6 Å². The number of hydrogen-bond donors (Lipinski definition) is 4. The first-order valence-electron chi connectivity index (χ1n) is 12.6. The first kappa shape index (κ1) is 30.7. The number of thioether (sulfide) groups is 2. The van der Waals surface area contributed by atoms with Crippen LogP contribution < -0.4 is 22.5 Å². The molecule has 14 heteroatoms. The maximum absolute atomic E-state index is 14.4. The number of benzene rings is 2. The maximum atomic E-state index is 14.4.